The van der Waals surface area contributed by atoms with Crippen LogP contribution in [0.2, 0.25) is 0 Å². The lowest BCUT2D eigenvalue weighted by atomic mass is 9.92. The minimum absolute atomic E-state index is 0.210. The Hall–Kier alpha value is -1.27. The molecule has 2 aromatic rings. The highest BCUT2D eigenvalue weighted by Crippen LogP contribution is 2.40. The normalized spacial score (nSPS) is 15.3. The molecular formula is C17H25N3O2S. The summed E-state index contributed by atoms with van der Waals surface area (Å²) >= 11 is 1.78. The van der Waals surface area contributed by atoms with Crippen molar-refractivity contribution in [2.45, 2.75) is 50.7 Å². The van der Waals surface area contributed by atoms with E-state index < -0.39 is 0 Å². The Bertz CT molecular complexity index is 618. The summed E-state index contributed by atoms with van der Waals surface area (Å²) in [6.45, 7) is 6.05. The van der Waals surface area contributed by atoms with Crippen LogP contribution in [0, 0.1) is 5.41 Å². The molecule has 3 rings (SSSR count). The minimum atomic E-state index is 0.210. The SMILES string of the molecule is COCCC(C)(C)CSc1nnc(C2CC2)n1Cc1ccco1. The molecule has 0 aliphatic heterocycles. The first-order chi connectivity index (χ1) is 11.1. The molecular weight excluding hydrogens is 310 g/mol. The summed E-state index contributed by atoms with van der Waals surface area (Å²) < 4.78 is 13.0. The van der Waals surface area contributed by atoms with E-state index in [-0.39, 0.29) is 5.41 Å². The van der Waals surface area contributed by atoms with Gasteiger partial charge in [-0.2, -0.15) is 0 Å². The maximum Gasteiger partial charge on any atom is 0.191 e. The molecule has 1 saturated carbocycles. The van der Waals surface area contributed by atoms with Crippen LogP contribution in [0.15, 0.2) is 28.0 Å². The summed E-state index contributed by atoms with van der Waals surface area (Å²) in [5, 5.41) is 9.89. The number of ether oxygens (including phenoxy) is 1. The molecule has 2 heterocycles. The van der Waals surface area contributed by atoms with Crippen LogP contribution in [0.4, 0.5) is 0 Å². The summed E-state index contributed by atoms with van der Waals surface area (Å²) in [6.07, 6.45) is 5.20. The van der Waals surface area contributed by atoms with Crippen molar-refractivity contribution in [1.82, 2.24) is 14.8 Å². The molecule has 0 N–H and O–H groups in total. The third kappa shape index (κ3) is 4.38. The summed E-state index contributed by atoms with van der Waals surface area (Å²) in [7, 11) is 1.76. The monoisotopic (exact) mass is 335 g/mol. The van der Waals surface area contributed by atoms with Gasteiger partial charge in [-0.05, 0) is 36.8 Å². The van der Waals surface area contributed by atoms with Gasteiger partial charge >= 0.3 is 0 Å². The zero-order chi connectivity index (χ0) is 16.3. The van der Waals surface area contributed by atoms with Gasteiger partial charge in [0, 0.05) is 25.4 Å². The van der Waals surface area contributed by atoms with Crippen molar-refractivity contribution in [3.8, 4) is 0 Å². The maximum absolute atomic E-state index is 5.51. The first kappa shape index (κ1) is 16.6. The number of methoxy groups -OCH3 is 1. The number of rotatable bonds is 9. The Morgan fingerprint density at radius 3 is 2.87 bits per heavy atom. The predicted molar refractivity (Wildman–Crippen MR) is 90.8 cm³/mol. The van der Waals surface area contributed by atoms with E-state index >= 15 is 0 Å². The molecule has 0 atom stereocenters. The number of hydrogen-bond acceptors (Lipinski definition) is 5. The molecule has 0 radical (unpaired) electrons. The molecule has 126 valence electrons. The average Bonchev–Trinajstić information content (AvgIpc) is 3.09. The van der Waals surface area contributed by atoms with Gasteiger partial charge in [-0.1, -0.05) is 25.6 Å². The summed E-state index contributed by atoms with van der Waals surface area (Å²) in [5.74, 6) is 3.64. The Morgan fingerprint density at radius 1 is 1.39 bits per heavy atom. The fourth-order valence-electron chi connectivity index (χ4n) is 2.47. The molecule has 23 heavy (non-hydrogen) atoms. The molecule has 0 saturated heterocycles. The number of nitrogens with zero attached hydrogens (tertiary/aromatic N) is 3. The highest BCUT2D eigenvalue weighted by molar-refractivity contribution is 7.99. The predicted octanol–water partition coefficient (Wildman–Crippen LogP) is 3.95. The van der Waals surface area contributed by atoms with E-state index in [4.69, 9.17) is 9.15 Å². The van der Waals surface area contributed by atoms with E-state index in [1.165, 1.54) is 12.8 Å². The number of furan rings is 1. The third-order valence-electron chi connectivity index (χ3n) is 4.16. The first-order valence-electron chi connectivity index (χ1n) is 8.16. The van der Waals surface area contributed by atoms with Crippen molar-refractivity contribution < 1.29 is 9.15 Å². The van der Waals surface area contributed by atoms with Crippen LogP contribution in [0.5, 0.6) is 0 Å². The van der Waals surface area contributed by atoms with Gasteiger partial charge in [0.25, 0.3) is 0 Å². The van der Waals surface area contributed by atoms with Crippen LogP contribution in [0.25, 0.3) is 0 Å². The highest BCUT2D eigenvalue weighted by Gasteiger charge is 2.31. The Kier molecular flexibility index (Phi) is 5.11. The zero-order valence-corrected chi connectivity index (χ0v) is 14.9. The fourth-order valence-corrected chi connectivity index (χ4v) is 3.54. The highest BCUT2D eigenvalue weighted by atomic mass is 32.2. The molecule has 5 nitrogen and oxygen atoms in total. The van der Waals surface area contributed by atoms with Crippen molar-refractivity contribution in [3.63, 3.8) is 0 Å². The maximum atomic E-state index is 5.51. The molecule has 1 aliphatic carbocycles. The molecule has 0 aromatic carbocycles. The van der Waals surface area contributed by atoms with Crippen LogP contribution in [-0.4, -0.2) is 34.2 Å². The van der Waals surface area contributed by atoms with Crippen molar-refractivity contribution in [2.75, 3.05) is 19.5 Å². The Labute approximate surface area is 141 Å². The summed E-state index contributed by atoms with van der Waals surface area (Å²) in [5.41, 5.74) is 0.210. The fraction of sp³-hybridized carbons (Fsp3) is 0.647. The van der Waals surface area contributed by atoms with Crippen LogP contribution in [-0.2, 0) is 11.3 Å². The van der Waals surface area contributed by atoms with E-state index in [1.54, 1.807) is 25.1 Å². The molecule has 1 aliphatic rings. The Morgan fingerprint density at radius 2 is 2.22 bits per heavy atom. The zero-order valence-electron chi connectivity index (χ0n) is 14.1. The second kappa shape index (κ2) is 7.09. The third-order valence-corrected chi connectivity index (χ3v) is 5.64. The van der Waals surface area contributed by atoms with Crippen molar-refractivity contribution in [1.29, 1.82) is 0 Å². The van der Waals surface area contributed by atoms with Gasteiger partial charge < -0.3 is 9.15 Å². The van der Waals surface area contributed by atoms with Crippen molar-refractivity contribution in [2.24, 2.45) is 5.41 Å². The second-order valence-electron chi connectivity index (χ2n) is 6.98. The molecule has 0 bridgehead atoms. The van der Waals surface area contributed by atoms with E-state index in [0.717, 1.165) is 35.5 Å². The van der Waals surface area contributed by atoms with Crippen molar-refractivity contribution in [3.05, 3.63) is 30.0 Å². The molecule has 1 fully saturated rings. The van der Waals surface area contributed by atoms with E-state index in [0.29, 0.717) is 12.5 Å². The second-order valence-corrected chi connectivity index (χ2v) is 7.92. The average molecular weight is 335 g/mol. The van der Waals surface area contributed by atoms with Gasteiger partial charge in [0.05, 0.1) is 12.8 Å². The lowest BCUT2D eigenvalue weighted by Crippen LogP contribution is -2.18. The van der Waals surface area contributed by atoms with E-state index in [9.17, 15) is 0 Å². The van der Waals surface area contributed by atoms with Crippen LogP contribution in [0.3, 0.4) is 0 Å². The number of aromatic nitrogens is 3. The summed E-state index contributed by atoms with van der Waals surface area (Å²) in [6, 6.07) is 3.94. The smallest absolute Gasteiger partial charge is 0.191 e. The van der Waals surface area contributed by atoms with Gasteiger partial charge in [-0.3, -0.25) is 4.57 Å². The van der Waals surface area contributed by atoms with Gasteiger partial charge in [0.2, 0.25) is 0 Å². The number of hydrogen-bond donors (Lipinski definition) is 0. The van der Waals surface area contributed by atoms with Crippen LogP contribution < -0.4 is 0 Å². The van der Waals surface area contributed by atoms with E-state index in [2.05, 4.69) is 28.6 Å². The Balaban J connectivity index is 1.71. The molecule has 6 heteroatoms. The van der Waals surface area contributed by atoms with Gasteiger partial charge in [0.1, 0.15) is 11.6 Å². The lowest BCUT2D eigenvalue weighted by Gasteiger charge is -2.23. The quantitative estimate of drug-likeness (QED) is 0.649. The summed E-state index contributed by atoms with van der Waals surface area (Å²) in [4.78, 5) is 0. The van der Waals surface area contributed by atoms with E-state index in [1.807, 2.05) is 12.1 Å². The minimum Gasteiger partial charge on any atom is -0.467 e. The number of thioether (sulfide) groups is 1. The van der Waals surface area contributed by atoms with Gasteiger partial charge in [-0.25, -0.2) is 0 Å². The standard InChI is InChI=1S/C17H25N3O2S/c1-17(2,8-10-21-3)12-23-16-19-18-15(13-6-7-13)20(16)11-14-5-4-9-22-14/h4-5,9,13H,6-8,10-12H2,1-3H3. The molecule has 0 unspecified atom stereocenters. The molecule has 2 aromatic heterocycles. The van der Waals surface area contributed by atoms with Crippen LogP contribution in [0.1, 0.15) is 50.6 Å². The topological polar surface area (TPSA) is 53.1 Å². The first-order valence-corrected chi connectivity index (χ1v) is 9.15. The van der Waals surface area contributed by atoms with Gasteiger partial charge in [-0.15, -0.1) is 10.2 Å². The van der Waals surface area contributed by atoms with Gasteiger partial charge in [0.15, 0.2) is 5.16 Å². The molecule has 0 spiro atoms. The van der Waals surface area contributed by atoms with Crippen molar-refractivity contribution >= 4 is 11.8 Å². The van der Waals surface area contributed by atoms with Crippen LogP contribution >= 0.6 is 11.8 Å². The lowest BCUT2D eigenvalue weighted by molar-refractivity contribution is 0.161. The largest absolute Gasteiger partial charge is 0.467 e. The molecule has 0 amide bonds.